The van der Waals surface area contributed by atoms with Crippen LogP contribution in [0.4, 0.5) is 0 Å². The molecule has 15 atom stereocenters. The Kier molecular flexibility index (Phi) is 18.3. The van der Waals surface area contributed by atoms with Crippen LogP contribution in [0.1, 0.15) is 73.1 Å². The van der Waals surface area contributed by atoms with Gasteiger partial charge >= 0.3 is 0 Å². The van der Waals surface area contributed by atoms with E-state index in [2.05, 4.69) is 5.32 Å². The molecule has 0 spiro atoms. The van der Waals surface area contributed by atoms with Crippen molar-refractivity contribution in [3.63, 3.8) is 0 Å². The molecule has 2 saturated heterocycles. The van der Waals surface area contributed by atoms with Gasteiger partial charge < -0.3 is 74.0 Å². The van der Waals surface area contributed by atoms with Gasteiger partial charge in [0.1, 0.15) is 37.0 Å². The molecule has 47 heavy (non-hydrogen) atoms. The molecule has 0 aromatic carbocycles. The maximum atomic E-state index is 11.8. The summed E-state index contributed by atoms with van der Waals surface area (Å²) in [5, 5.41) is 64.3. The van der Waals surface area contributed by atoms with Crippen LogP contribution in [-0.4, -0.2) is 148 Å². The summed E-state index contributed by atoms with van der Waals surface area (Å²) in [6.07, 6.45) is -11.8. The molecule has 16 nitrogen and oxygen atoms in total. The SMILES string of the molecule is CC(=O)N[C@@H]1C[C@H](O[C@H]2[C@H](O)[C@@H](C)O[C@@H](O[C@H](CC=O)[C@@H](C)CC[C@@H](O)C[C@@H](O)CC=O)[C@@H]2O[C@@H](CO)O[C@H](C)CO)O[C@H](C)[C@H]1O. The number of hydrogen-bond donors (Lipinski definition) is 7. The second-order valence-electron chi connectivity index (χ2n) is 12.5. The normalized spacial score (nSPS) is 33.6. The summed E-state index contributed by atoms with van der Waals surface area (Å²) in [7, 11) is 0. The van der Waals surface area contributed by atoms with Crippen molar-refractivity contribution in [2.75, 3.05) is 13.2 Å². The van der Waals surface area contributed by atoms with Crippen LogP contribution in [0, 0.1) is 5.92 Å². The minimum Gasteiger partial charge on any atom is -0.394 e. The van der Waals surface area contributed by atoms with Crippen molar-refractivity contribution in [2.45, 2.75) is 159 Å². The van der Waals surface area contributed by atoms with Gasteiger partial charge in [-0.2, -0.15) is 0 Å². The second kappa shape index (κ2) is 20.8. The number of rotatable bonds is 21. The molecule has 2 aliphatic heterocycles. The summed E-state index contributed by atoms with van der Waals surface area (Å²) in [4.78, 5) is 34.1. The van der Waals surface area contributed by atoms with Gasteiger partial charge in [0.2, 0.25) is 5.91 Å². The van der Waals surface area contributed by atoms with Crippen LogP contribution in [0.2, 0.25) is 0 Å². The molecule has 2 rings (SSSR count). The van der Waals surface area contributed by atoms with E-state index < -0.39 is 92.6 Å². The zero-order chi connectivity index (χ0) is 35.3. The highest BCUT2D eigenvalue weighted by atomic mass is 16.8. The highest BCUT2D eigenvalue weighted by molar-refractivity contribution is 5.73. The van der Waals surface area contributed by atoms with E-state index in [-0.39, 0.29) is 50.5 Å². The van der Waals surface area contributed by atoms with Crippen molar-refractivity contribution >= 4 is 18.5 Å². The molecule has 0 aromatic heterocycles. The molecule has 0 aromatic rings. The van der Waals surface area contributed by atoms with E-state index in [9.17, 15) is 45.0 Å². The molecular weight excluding hydrogens is 626 g/mol. The van der Waals surface area contributed by atoms with Crippen LogP contribution >= 0.6 is 0 Å². The summed E-state index contributed by atoms with van der Waals surface area (Å²) in [5.41, 5.74) is 0. The first-order valence-electron chi connectivity index (χ1n) is 16.2. The number of amides is 1. The van der Waals surface area contributed by atoms with Gasteiger partial charge in [-0.3, -0.25) is 4.79 Å². The average molecular weight is 682 g/mol. The van der Waals surface area contributed by atoms with Crippen molar-refractivity contribution in [3.8, 4) is 0 Å². The number of aliphatic hydroxyl groups is 6. The fourth-order valence-corrected chi connectivity index (χ4v) is 5.68. The van der Waals surface area contributed by atoms with Crippen LogP contribution < -0.4 is 5.32 Å². The van der Waals surface area contributed by atoms with Gasteiger partial charge in [0, 0.05) is 26.2 Å². The predicted octanol–water partition coefficient (Wildman–Crippen LogP) is -1.33. The molecule has 16 heteroatoms. The largest absolute Gasteiger partial charge is 0.394 e. The molecule has 0 bridgehead atoms. The fraction of sp³-hybridized carbons (Fsp3) is 0.903. The van der Waals surface area contributed by atoms with E-state index in [1.165, 1.54) is 6.92 Å². The molecule has 0 saturated carbocycles. The Morgan fingerprint density at radius 1 is 0.915 bits per heavy atom. The molecular formula is C31H55NO15. The topological polar surface area (TPSA) is 240 Å². The Bertz CT molecular complexity index is 929. The molecule has 0 radical (unpaired) electrons. The zero-order valence-corrected chi connectivity index (χ0v) is 27.8. The Morgan fingerprint density at radius 3 is 2.17 bits per heavy atom. The molecule has 7 N–H and O–H groups in total. The minimum absolute atomic E-state index is 0.0111. The molecule has 0 unspecified atom stereocenters. The maximum Gasteiger partial charge on any atom is 0.217 e. The number of carbonyl (C=O) groups excluding carboxylic acids is 3. The lowest BCUT2D eigenvalue weighted by Crippen LogP contribution is -2.63. The minimum atomic E-state index is -1.32. The summed E-state index contributed by atoms with van der Waals surface area (Å²) in [6.45, 7) is 6.83. The van der Waals surface area contributed by atoms with Crippen molar-refractivity contribution in [3.05, 3.63) is 0 Å². The highest BCUT2D eigenvalue weighted by Crippen LogP contribution is 2.33. The number of nitrogens with one attached hydrogen (secondary N) is 1. The predicted molar refractivity (Wildman–Crippen MR) is 162 cm³/mol. The summed E-state index contributed by atoms with van der Waals surface area (Å²) in [5.74, 6) is -0.692. The van der Waals surface area contributed by atoms with Crippen molar-refractivity contribution in [1.29, 1.82) is 0 Å². The maximum absolute atomic E-state index is 11.8. The Balaban J connectivity index is 2.33. The van der Waals surface area contributed by atoms with Gasteiger partial charge in [-0.15, -0.1) is 0 Å². The standard InChI is InChI=1S/C31H55NO15/c1-16(6-7-21(38)12-22(39)8-10-33)24(9-11-34)45-31-30(47-26(15-36)42-17(2)14-35)29(28(41)19(4)44-31)46-25-13-23(32-20(5)37)27(40)18(3)43-25/h10-11,16-19,21-31,35-36,38-41H,6-9,12-15H2,1-5H3,(H,32,37)/t16-,17+,18+,19+,21+,22-,23+,24+,25-,26-,27+,28+,29-,30+,31-/m0/s1. The molecule has 2 fully saturated rings. The monoisotopic (exact) mass is 681 g/mol. The van der Waals surface area contributed by atoms with Gasteiger partial charge in [0.25, 0.3) is 0 Å². The number of ether oxygens (including phenoxy) is 6. The average Bonchev–Trinajstić information content (AvgIpc) is 3.01. The van der Waals surface area contributed by atoms with Gasteiger partial charge in [0.15, 0.2) is 18.9 Å². The van der Waals surface area contributed by atoms with Crippen LogP contribution in [0.25, 0.3) is 0 Å². The summed E-state index contributed by atoms with van der Waals surface area (Å²) >= 11 is 0. The summed E-state index contributed by atoms with van der Waals surface area (Å²) in [6, 6.07) is -0.714. The fourth-order valence-electron chi connectivity index (χ4n) is 5.68. The second-order valence-corrected chi connectivity index (χ2v) is 12.5. The first-order chi connectivity index (χ1) is 22.2. The first kappa shape index (κ1) is 41.5. The van der Waals surface area contributed by atoms with E-state index in [1.54, 1.807) is 27.7 Å². The van der Waals surface area contributed by atoms with Crippen LogP contribution in [0.15, 0.2) is 0 Å². The van der Waals surface area contributed by atoms with Crippen LogP contribution in [0.3, 0.4) is 0 Å². The van der Waals surface area contributed by atoms with Crippen molar-refractivity contribution in [1.82, 2.24) is 5.32 Å². The van der Waals surface area contributed by atoms with Gasteiger partial charge in [-0.25, -0.2) is 0 Å². The van der Waals surface area contributed by atoms with Crippen LogP contribution in [0.5, 0.6) is 0 Å². The molecule has 1 amide bonds. The Morgan fingerprint density at radius 2 is 1.57 bits per heavy atom. The Hall–Kier alpha value is -1.67. The van der Waals surface area contributed by atoms with Crippen molar-refractivity contribution in [2.24, 2.45) is 5.92 Å². The number of hydrogen-bond acceptors (Lipinski definition) is 15. The zero-order valence-electron chi connectivity index (χ0n) is 27.8. The third-order valence-corrected chi connectivity index (χ3v) is 8.40. The Labute approximate surface area is 275 Å². The van der Waals surface area contributed by atoms with E-state index in [4.69, 9.17) is 28.4 Å². The van der Waals surface area contributed by atoms with E-state index in [0.717, 1.165) is 0 Å². The van der Waals surface area contributed by atoms with Crippen LogP contribution in [-0.2, 0) is 42.8 Å². The van der Waals surface area contributed by atoms with Gasteiger partial charge in [-0.05, 0) is 46.0 Å². The van der Waals surface area contributed by atoms with Gasteiger partial charge in [-0.1, -0.05) is 6.92 Å². The number of aldehydes is 2. The first-order valence-corrected chi connectivity index (χ1v) is 16.2. The lowest BCUT2D eigenvalue weighted by molar-refractivity contribution is -0.367. The summed E-state index contributed by atoms with van der Waals surface area (Å²) < 4.78 is 36.1. The number of carbonyl (C=O) groups is 3. The van der Waals surface area contributed by atoms with E-state index >= 15 is 0 Å². The lowest BCUT2D eigenvalue weighted by atomic mass is 9.93. The number of aliphatic hydroxyl groups excluding tert-OH is 6. The molecule has 2 heterocycles. The third kappa shape index (κ3) is 13.3. The highest BCUT2D eigenvalue weighted by Gasteiger charge is 2.50. The smallest absolute Gasteiger partial charge is 0.217 e. The quantitative estimate of drug-likeness (QED) is 0.0549. The van der Waals surface area contributed by atoms with Gasteiger partial charge in [0.05, 0.1) is 55.9 Å². The van der Waals surface area contributed by atoms with E-state index in [0.29, 0.717) is 19.0 Å². The van der Waals surface area contributed by atoms with E-state index in [1.807, 2.05) is 0 Å². The molecule has 0 aliphatic carbocycles. The van der Waals surface area contributed by atoms with Crippen molar-refractivity contribution < 1.29 is 73.4 Å². The third-order valence-electron chi connectivity index (χ3n) is 8.40. The molecule has 274 valence electrons. The molecule has 2 aliphatic rings. The lowest BCUT2D eigenvalue weighted by Gasteiger charge is -2.47.